The third-order valence-electron chi connectivity index (χ3n) is 5.76. The summed E-state index contributed by atoms with van der Waals surface area (Å²) in [5, 5.41) is 0. The van der Waals surface area contributed by atoms with Gasteiger partial charge in [-0.1, -0.05) is 24.8 Å². The Balaban J connectivity index is 1.71. The highest BCUT2D eigenvalue weighted by molar-refractivity contribution is 7.89. The van der Waals surface area contributed by atoms with Crippen LogP contribution < -0.4 is 9.47 Å². The number of hydrogen-bond acceptors (Lipinski definition) is 5. The van der Waals surface area contributed by atoms with E-state index in [1.54, 1.807) is 49.5 Å². The maximum absolute atomic E-state index is 13.2. The van der Waals surface area contributed by atoms with Gasteiger partial charge in [-0.15, -0.1) is 0 Å². The van der Waals surface area contributed by atoms with Crippen LogP contribution in [-0.2, 0) is 21.2 Å². The first-order valence-electron chi connectivity index (χ1n) is 9.66. The van der Waals surface area contributed by atoms with Crippen molar-refractivity contribution in [2.75, 3.05) is 33.9 Å². The van der Waals surface area contributed by atoms with Crippen molar-refractivity contribution in [2.45, 2.75) is 17.4 Å². The van der Waals surface area contributed by atoms with E-state index in [2.05, 4.69) is 6.58 Å². The topological polar surface area (TPSA) is 76.2 Å². The fourth-order valence-electron chi connectivity index (χ4n) is 4.13. The zero-order valence-corrected chi connectivity index (χ0v) is 17.8. The molecule has 2 aliphatic heterocycles. The highest BCUT2D eigenvalue weighted by atomic mass is 32.2. The Hall–Kier alpha value is -2.84. The van der Waals surface area contributed by atoms with Gasteiger partial charge in [0.15, 0.2) is 11.5 Å². The molecular weight excluding hydrogens is 404 g/mol. The molecule has 30 heavy (non-hydrogen) atoms. The normalized spacial score (nSPS) is 19.1. The number of methoxy groups -OCH3 is 2. The second kappa shape index (κ2) is 7.77. The predicted molar refractivity (Wildman–Crippen MR) is 113 cm³/mol. The number of hydrogen-bond donors (Lipinski definition) is 0. The molecular formula is C22H24N2O5S. The first-order chi connectivity index (χ1) is 14.4. The van der Waals surface area contributed by atoms with Gasteiger partial charge in [0.05, 0.1) is 31.7 Å². The molecule has 1 atom stereocenters. The largest absolute Gasteiger partial charge is 0.493 e. The maximum Gasteiger partial charge on any atom is 0.243 e. The minimum absolute atomic E-state index is 0.162. The number of carbonyl (C=O) groups is 1. The Morgan fingerprint density at radius 3 is 2.40 bits per heavy atom. The lowest BCUT2D eigenvalue weighted by molar-refractivity contribution is -0.138. The average Bonchev–Trinajstić information content (AvgIpc) is 2.77. The molecule has 7 nitrogen and oxygen atoms in total. The summed E-state index contributed by atoms with van der Waals surface area (Å²) in [6.07, 6.45) is 2.34. The Labute approximate surface area is 176 Å². The molecule has 0 aliphatic carbocycles. The minimum Gasteiger partial charge on any atom is -0.493 e. The summed E-state index contributed by atoms with van der Waals surface area (Å²) < 4.78 is 38.5. The summed E-state index contributed by atoms with van der Waals surface area (Å²) in [5.74, 6) is 0.988. The number of benzene rings is 2. The van der Waals surface area contributed by atoms with Crippen molar-refractivity contribution in [3.8, 4) is 11.5 Å². The first kappa shape index (κ1) is 20.4. The van der Waals surface area contributed by atoms with Gasteiger partial charge in [0.2, 0.25) is 15.9 Å². The van der Waals surface area contributed by atoms with Gasteiger partial charge >= 0.3 is 0 Å². The number of ether oxygens (including phenoxy) is 2. The fraction of sp³-hybridized carbons (Fsp3) is 0.318. The number of nitrogens with zero attached hydrogens (tertiary/aromatic N) is 2. The van der Waals surface area contributed by atoms with Crippen LogP contribution in [0.25, 0.3) is 6.08 Å². The third-order valence-corrected chi connectivity index (χ3v) is 7.59. The zero-order chi connectivity index (χ0) is 21.5. The summed E-state index contributed by atoms with van der Waals surface area (Å²) in [7, 11) is -0.671. The van der Waals surface area contributed by atoms with Crippen LogP contribution in [0.4, 0.5) is 0 Å². The van der Waals surface area contributed by atoms with Gasteiger partial charge in [-0.05, 0) is 47.4 Å². The smallest absolute Gasteiger partial charge is 0.243 e. The number of rotatable bonds is 5. The number of amides is 1. The molecule has 0 aromatic heterocycles. The Bertz CT molecular complexity index is 1100. The highest BCUT2D eigenvalue weighted by Crippen LogP contribution is 2.40. The summed E-state index contributed by atoms with van der Waals surface area (Å²) in [5.41, 5.74) is 2.77. The molecule has 1 unspecified atom stereocenters. The Kier molecular flexibility index (Phi) is 5.29. The quantitative estimate of drug-likeness (QED) is 0.731. The summed E-state index contributed by atoms with van der Waals surface area (Å²) in [6.45, 7) is 4.27. The molecule has 1 fully saturated rings. The molecule has 4 rings (SSSR count). The number of carbonyl (C=O) groups excluding carboxylic acids is 1. The van der Waals surface area contributed by atoms with Gasteiger partial charge in [0.25, 0.3) is 0 Å². The van der Waals surface area contributed by atoms with Crippen LogP contribution in [0, 0.1) is 0 Å². The number of sulfonamides is 1. The summed E-state index contributed by atoms with van der Waals surface area (Å²) >= 11 is 0. The lowest BCUT2D eigenvalue weighted by atomic mass is 9.90. The lowest BCUT2D eigenvalue weighted by Gasteiger charge is -2.44. The van der Waals surface area contributed by atoms with Crippen molar-refractivity contribution in [1.82, 2.24) is 9.21 Å². The maximum atomic E-state index is 13.2. The van der Waals surface area contributed by atoms with Crippen LogP contribution in [0.2, 0.25) is 0 Å². The summed E-state index contributed by atoms with van der Waals surface area (Å²) in [4.78, 5) is 14.8. The molecule has 0 N–H and O–H groups in total. The minimum atomic E-state index is -3.81. The second-order valence-corrected chi connectivity index (χ2v) is 9.27. The van der Waals surface area contributed by atoms with Crippen LogP contribution in [0.5, 0.6) is 11.5 Å². The van der Waals surface area contributed by atoms with E-state index in [1.165, 1.54) is 4.31 Å². The van der Waals surface area contributed by atoms with E-state index in [0.29, 0.717) is 24.5 Å². The van der Waals surface area contributed by atoms with E-state index in [9.17, 15) is 13.2 Å². The Morgan fingerprint density at radius 2 is 1.77 bits per heavy atom. The molecule has 2 aromatic carbocycles. The zero-order valence-electron chi connectivity index (χ0n) is 17.0. The molecule has 0 radical (unpaired) electrons. The van der Waals surface area contributed by atoms with Crippen molar-refractivity contribution in [1.29, 1.82) is 0 Å². The van der Waals surface area contributed by atoms with Crippen LogP contribution in [0.15, 0.2) is 47.9 Å². The SMILES string of the molecule is C=Cc1ccc(S(=O)(=O)N2CC(=O)N3CCc4cc(OC)c(OC)cc4C3C2)cc1. The van der Waals surface area contributed by atoms with Crippen molar-refractivity contribution >= 4 is 22.0 Å². The van der Waals surface area contributed by atoms with E-state index in [4.69, 9.17) is 9.47 Å². The lowest BCUT2D eigenvalue weighted by Crippen LogP contribution is -2.55. The molecule has 8 heteroatoms. The van der Waals surface area contributed by atoms with Crippen molar-refractivity contribution in [2.24, 2.45) is 0 Å². The van der Waals surface area contributed by atoms with E-state index in [0.717, 1.165) is 16.7 Å². The second-order valence-electron chi connectivity index (χ2n) is 7.33. The molecule has 1 amide bonds. The summed E-state index contributed by atoms with van der Waals surface area (Å²) in [6, 6.07) is 9.90. The van der Waals surface area contributed by atoms with Crippen LogP contribution in [-0.4, -0.2) is 57.4 Å². The molecule has 2 aromatic rings. The number of piperazine rings is 1. The predicted octanol–water partition coefficient (Wildman–Crippen LogP) is 2.48. The van der Waals surface area contributed by atoms with E-state index in [1.807, 2.05) is 12.1 Å². The van der Waals surface area contributed by atoms with Gasteiger partial charge < -0.3 is 14.4 Å². The van der Waals surface area contributed by atoms with E-state index < -0.39 is 10.0 Å². The highest BCUT2D eigenvalue weighted by Gasteiger charge is 2.41. The first-order valence-corrected chi connectivity index (χ1v) is 11.1. The molecule has 158 valence electrons. The van der Waals surface area contributed by atoms with Gasteiger partial charge in [0.1, 0.15) is 0 Å². The van der Waals surface area contributed by atoms with Crippen molar-refractivity contribution in [3.05, 3.63) is 59.7 Å². The van der Waals surface area contributed by atoms with Crippen molar-refractivity contribution < 1.29 is 22.7 Å². The van der Waals surface area contributed by atoms with Crippen LogP contribution in [0.3, 0.4) is 0 Å². The van der Waals surface area contributed by atoms with Crippen LogP contribution in [0.1, 0.15) is 22.7 Å². The molecule has 0 saturated carbocycles. The van der Waals surface area contributed by atoms with Gasteiger partial charge in [0, 0.05) is 13.1 Å². The Morgan fingerprint density at radius 1 is 1.10 bits per heavy atom. The van der Waals surface area contributed by atoms with E-state index >= 15 is 0 Å². The average molecular weight is 429 g/mol. The third kappa shape index (κ3) is 3.36. The number of fused-ring (bicyclic) bond motifs is 3. The van der Waals surface area contributed by atoms with Crippen molar-refractivity contribution in [3.63, 3.8) is 0 Å². The molecule has 2 heterocycles. The van der Waals surface area contributed by atoms with E-state index in [-0.39, 0.29) is 29.9 Å². The van der Waals surface area contributed by atoms with Gasteiger partial charge in [-0.3, -0.25) is 4.79 Å². The molecule has 2 aliphatic rings. The van der Waals surface area contributed by atoms with Crippen LogP contribution >= 0.6 is 0 Å². The van der Waals surface area contributed by atoms with Gasteiger partial charge in [-0.25, -0.2) is 8.42 Å². The van der Waals surface area contributed by atoms with Gasteiger partial charge in [-0.2, -0.15) is 4.31 Å². The standard InChI is InChI=1S/C22H24N2O5S/c1-4-15-5-7-17(8-6-15)30(26,27)23-13-19-18-12-21(29-3)20(28-2)11-16(18)9-10-24(19)22(25)14-23/h4-8,11-12,19H,1,9-10,13-14H2,2-3H3. The molecule has 1 saturated heterocycles. The fourth-order valence-corrected chi connectivity index (χ4v) is 5.53. The molecule has 0 bridgehead atoms. The monoisotopic (exact) mass is 428 g/mol. The molecule has 0 spiro atoms.